The monoisotopic (exact) mass is 244 g/mol. The van der Waals surface area contributed by atoms with Crippen LogP contribution in [0.5, 0.6) is 0 Å². The number of rotatable bonds is 0. The third-order valence-corrected chi connectivity index (χ3v) is 3.74. The Labute approximate surface area is 82.2 Å². The molecule has 0 aliphatic heterocycles. The van der Waals surface area contributed by atoms with Gasteiger partial charge in [-0.3, -0.25) is 0 Å². The predicted octanol–water partition coefficient (Wildman–Crippen LogP) is 4.11. The fourth-order valence-electron chi connectivity index (χ4n) is 1.16. The Morgan fingerprint density at radius 1 is 1.42 bits per heavy atom. The largest absolute Gasteiger partial charge is 0.195 e. The Hall–Kier alpha value is -0.410. The number of benzene rings is 1. The average Bonchev–Trinajstić information content (AvgIpc) is 2.39. The molecule has 62 valence electrons. The summed E-state index contributed by atoms with van der Waals surface area (Å²) in [6.07, 6.45) is 0. The molecule has 1 heterocycles. The molecule has 0 unspecified atom stereocenters. The summed E-state index contributed by atoms with van der Waals surface area (Å²) in [7, 11) is 0. The van der Waals surface area contributed by atoms with Gasteiger partial charge in [-0.25, -0.2) is 0 Å². The van der Waals surface area contributed by atoms with E-state index in [9.17, 15) is 4.39 Å². The van der Waals surface area contributed by atoms with Crippen molar-refractivity contribution >= 4 is 37.4 Å². The summed E-state index contributed by atoms with van der Waals surface area (Å²) in [5, 5.41) is 0.841. The second-order valence-electron chi connectivity index (χ2n) is 2.66. The van der Waals surface area contributed by atoms with E-state index in [1.165, 1.54) is 11.3 Å². The number of fused-ring (bicyclic) bond motifs is 1. The van der Waals surface area contributed by atoms with Crippen LogP contribution >= 0.6 is 27.3 Å². The van der Waals surface area contributed by atoms with E-state index in [4.69, 9.17) is 0 Å². The van der Waals surface area contributed by atoms with Gasteiger partial charge in [0.05, 0.1) is 0 Å². The Morgan fingerprint density at radius 2 is 2.17 bits per heavy atom. The van der Waals surface area contributed by atoms with Crippen molar-refractivity contribution in [2.24, 2.45) is 0 Å². The molecule has 0 aliphatic carbocycles. The summed E-state index contributed by atoms with van der Waals surface area (Å²) in [6, 6.07) is 5.50. The van der Waals surface area contributed by atoms with Crippen LogP contribution in [0.3, 0.4) is 0 Å². The van der Waals surface area contributed by atoms with E-state index in [0.717, 1.165) is 20.1 Å². The standard InChI is InChI=1S/C9H6BrFS/c1-5-2-3-7-6(9(5)10)4-8(11)12-7/h2-4H,1H3. The highest BCUT2D eigenvalue weighted by Crippen LogP contribution is 2.32. The van der Waals surface area contributed by atoms with E-state index < -0.39 is 0 Å². The van der Waals surface area contributed by atoms with Crippen molar-refractivity contribution in [3.8, 4) is 0 Å². The van der Waals surface area contributed by atoms with Gasteiger partial charge < -0.3 is 0 Å². The minimum atomic E-state index is -0.128. The van der Waals surface area contributed by atoms with Gasteiger partial charge >= 0.3 is 0 Å². The Morgan fingerprint density at radius 3 is 2.92 bits per heavy atom. The van der Waals surface area contributed by atoms with Crippen LogP contribution in [0, 0.1) is 12.1 Å². The van der Waals surface area contributed by atoms with Crippen molar-refractivity contribution in [1.82, 2.24) is 0 Å². The first-order chi connectivity index (χ1) is 5.68. The van der Waals surface area contributed by atoms with Crippen LogP contribution in [0.2, 0.25) is 0 Å². The van der Waals surface area contributed by atoms with E-state index in [1.54, 1.807) is 6.07 Å². The third-order valence-electron chi connectivity index (χ3n) is 1.80. The van der Waals surface area contributed by atoms with Crippen LogP contribution in [0.4, 0.5) is 4.39 Å². The van der Waals surface area contributed by atoms with Crippen molar-refractivity contribution < 1.29 is 4.39 Å². The van der Waals surface area contributed by atoms with Crippen LogP contribution in [0.25, 0.3) is 10.1 Å². The molecule has 3 heteroatoms. The van der Waals surface area contributed by atoms with E-state index in [-0.39, 0.29) is 5.13 Å². The van der Waals surface area contributed by atoms with Crippen molar-refractivity contribution in [2.45, 2.75) is 6.92 Å². The lowest BCUT2D eigenvalue weighted by atomic mass is 10.2. The summed E-state index contributed by atoms with van der Waals surface area (Å²) in [4.78, 5) is 0. The van der Waals surface area contributed by atoms with Gasteiger partial charge in [0.25, 0.3) is 0 Å². The number of hydrogen-bond acceptors (Lipinski definition) is 1. The number of thiophene rings is 1. The highest BCUT2D eigenvalue weighted by atomic mass is 79.9. The third kappa shape index (κ3) is 1.17. The summed E-state index contributed by atoms with van der Waals surface area (Å²) >= 11 is 4.61. The van der Waals surface area contributed by atoms with Gasteiger partial charge in [0.15, 0.2) is 5.13 Å². The normalized spacial score (nSPS) is 10.9. The molecule has 12 heavy (non-hydrogen) atoms. The smallest absolute Gasteiger partial charge is 0.177 e. The molecule has 0 saturated heterocycles. The van der Waals surface area contributed by atoms with Crippen LogP contribution < -0.4 is 0 Å². The zero-order chi connectivity index (χ0) is 8.72. The quantitative estimate of drug-likeness (QED) is 0.655. The molecule has 0 saturated carbocycles. The minimum absolute atomic E-state index is 0.128. The molecule has 0 spiro atoms. The molecular formula is C9H6BrFS. The number of halogens is 2. The van der Waals surface area contributed by atoms with Gasteiger partial charge in [0.1, 0.15) is 0 Å². The van der Waals surface area contributed by atoms with E-state index in [0.29, 0.717) is 0 Å². The SMILES string of the molecule is Cc1ccc2sc(F)cc2c1Br. The molecule has 0 amide bonds. The van der Waals surface area contributed by atoms with E-state index >= 15 is 0 Å². The maximum Gasteiger partial charge on any atom is 0.177 e. The number of hydrogen-bond donors (Lipinski definition) is 0. The molecule has 0 atom stereocenters. The van der Waals surface area contributed by atoms with Crippen molar-refractivity contribution in [3.05, 3.63) is 33.4 Å². The molecule has 0 N–H and O–H groups in total. The summed E-state index contributed by atoms with van der Waals surface area (Å²) in [5.74, 6) is 0. The first-order valence-corrected chi connectivity index (χ1v) is 5.13. The second-order valence-corrected chi connectivity index (χ2v) is 4.49. The van der Waals surface area contributed by atoms with E-state index in [2.05, 4.69) is 15.9 Å². The molecular weight excluding hydrogens is 239 g/mol. The lowest BCUT2D eigenvalue weighted by Gasteiger charge is -1.97. The highest BCUT2D eigenvalue weighted by molar-refractivity contribution is 9.10. The zero-order valence-electron chi connectivity index (χ0n) is 6.40. The van der Waals surface area contributed by atoms with Crippen molar-refractivity contribution in [2.75, 3.05) is 0 Å². The number of aryl methyl sites for hydroxylation is 1. The average molecular weight is 245 g/mol. The van der Waals surface area contributed by atoms with Gasteiger partial charge in [-0.1, -0.05) is 6.07 Å². The minimum Gasteiger partial charge on any atom is -0.195 e. The predicted molar refractivity (Wildman–Crippen MR) is 54.2 cm³/mol. The molecule has 0 aliphatic rings. The van der Waals surface area contributed by atoms with Crippen LogP contribution in [0.1, 0.15) is 5.56 Å². The molecule has 0 fully saturated rings. The van der Waals surface area contributed by atoms with Crippen LogP contribution in [-0.4, -0.2) is 0 Å². The van der Waals surface area contributed by atoms with Gasteiger partial charge in [-0.2, -0.15) is 4.39 Å². The lowest BCUT2D eigenvalue weighted by molar-refractivity contribution is 0.658. The van der Waals surface area contributed by atoms with Gasteiger partial charge in [0.2, 0.25) is 0 Å². The summed E-state index contributed by atoms with van der Waals surface area (Å²) in [5.41, 5.74) is 1.14. The highest BCUT2D eigenvalue weighted by Gasteiger charge is 2.05. The van der Waals surface area contributed by atoms with E-state index in [1.807, 2.05) is 19.1 Å². The van der Waals surface area contributed by atoms with Gasteiger partial charge in [-0.15, -0.1) is 11.3 Å². The molecule has 1 aromatic carbocycles. The molecule has 0 nitrogen and oxygen atoms in total. The molecule has 1 aromatic heterocycles. The van der Waals surface area contributed by atoms with Gasteiger partial charge in [0, 0.05) is 14.6 Å². The Kier molecular flexibility index (Phi) is 1.93. The maximum atomic E-state index is 12.8. The second kappa shape index (κ2) is 2.82. The zero-order valence-corrected chi connectivity index (χ0v) is 8.80. The van der Waals surface area contributed by atoms with Crippen molar-refractivity contribution in [3.63, 3.8) is 0 Å². The summed E-state index contributed by atoms with van der Waals surface area (Å²) < 4.78 is 14.8. The Bertz CT molecular complexity index is 433. The Balaban J connectivity index is 2.89. The molecule has 2 rings (SSSR count). The van der Waals surface area contributed by atoms with Crippen LogP contribution in [0.15, 0.2) is 22.7 Å². The molecule has 2 aromatic rings. The fraction of sp³-hybridized carbons (Fsp3) is 0.111. The molecule has 0 bridgehead atoms. The summed E-state index contributed by atoms with van der Waals surface area (Å²) in [6.45, 7) is 2.00. The first kappa shape index (κ1) is 8.20. The van der Waals surface area contributed by atoms with Crippen LogP contribution in [-0.2, 0) is 0 Å². The van der Waals surface area contributed by atoms with Crippen molar-refractivity contribution in [1.29, 1.82) is 0 Å². The first-order valence-electron chi connectivity index (χ1n) is 3.52. The topological polar surface area (TPSA) is 0 Å². The maximum absolute atomic E-state index is 12.8. The lowest BCUT2D eigenvalue weighted by Crippen LogP contribution is -1.73. The fourth-order valence-corrected chi connectivity index (χ4v) is 2.54. The van der Waals surface area contributed by atoms with Gasteiger partial charge in [-0.05, 0) is 40.5 Å². The molecule has 0 radical (unpaired) electrons.